The first-order valence-corrected chi connectivity index (χ1v) is 12.1. The molecule has 8 nitrogen and oxygen atoms in total. The first-order chi connectivity index (χ1) is 15.6. The minimum Gasteiger partial charge on any atom is -0.462 e. The van der Waals surface area contributed by atoms with Crippen LogP contribution in [0.1, 0.15) is 66.2 Å². The summed E-state index contributed by atoms with van der Waals surface area (Å²) in [6, 6.07) is 0. The number of aliphatic hydroxyl groups excluding tert-OH is 5. The Morgan fingerprint density at radius 1 is 0.788 bits per heavy atom. The quantitative estimate of drug-likeness (QED) is 0.133. The Hall–Kier alpha value is -1.03. The smallest absolute Gasteiger partial charge is 0.330 e. The van der Waals surface area contributed by atoms with E-state index in [4.69, 9.17) is 9.47 Å². The van der Waals surface area contributed by atoms with E-state index in [2.05, 4.69) is 20.8 Å². The van der Waals surface area contributed by atoms with E-state index in [1.54, 1.807) is 0 Å². The molecule has 0 aromatic rings. The molecule has 0 aromatic heterocycles. The fourth-order valence-corrected chi connectivity index (χ4v) is 3.33. The molecule has 0 heterocycles. The van der Waals surface area contributed by atoms with Crippen molar-refractivity contribution in [2.45, 2.75) is 66.2 Å². The average molecular weight is 477 g/mol. The molecule has 8 heteroatoms. The van der Waals surface area contributed by atoms with Crippen LogP contribution in [-0.4, -0.2) is 84.4 Å². The fraction of sp³-hybridized carbons (Fsp3) is 0.880. The molecule has 0 amide bonds. The number of carbonyl (C=O) groups excluding carboxylic acids is 1. The number of allylic oxidation sites excluding steroid dienone is 1. The van der Waals surface area contributed by atoms with Gasteiger partial charge in [-0.25, -0.2) is 4.79 Å². The summed E-state index contributed by atoms with van der Waals surface area (Å²) in [4.78, 5) is 12.2. The zero-order valence-corrected chi connectivity index (χ0v) is 21.1. The monoisotopic (exact) mass is 476 g/mol. The van der Waals surface area contributed by atoms with Crippen molar-refractivity contribution in [2.24, 2.45) is 22.7 Å². The maximum absolute atomic E-state index is 12.2. The maximum atomic E-state index is 12.2. The second kappa shape index (κ2) is 17.4. The van der Waals surface area contributed by atoms with Gasteiger partial charge in [0.15, 0.2) is 0 Å². The molecule has 0 aromatic carbocycles. The van der Waals surface area contributed by atoms with Crippen molar-refractivity contribution < 1.29 is 39.8 Å². The Kier molecular flexibility index (Phi) is 16.9. The third-order valence-corrected chi connectivity index (χ3v) is 6.12. The van der Waals surface area contributed by atoms with Crippen LogP contribution in [0, 0.1) is 22.7 Å². The SMILES string of the molecule is CC(=CC(=O)OCC(CO)(CO)COCC(CO)(CO)CO)CCCC(C)CCCC(C)C. The predicted molar refractivity (Wildman–Crippen MR) is 128 cm³/mol. The number of rotatable bonds is 20. The van der Waals surface area contributed by atoms with Gasteiger partial charge in [0.05, 0.1) is 57.1 Å². The van der Waals surface area contributed by atoms with Crippen LogP contribution in [0.25, 0.3) is 0 Å². The van der Waals surface area contributed by atoms with Crippen molar-refractivity contribution in [2.75, 3.05) is 52.9 Å². The van der Waals surface area contributed by atoms with Crippen molar-refractivity contribution in [1.82, 2.24) is 0 Å². The summed E-state index contributed by atoms with van der Waals surface area (Å²) >= 11 is 0. The number of hydrogen-bond donors (Lipinski definition) is 5. The Labute approximate surface area is 199 Å². The highest BCUT2D eigenvalue weighted by molar-refractivity contribution is 5.82. The van der Waals surface area contributed by atoms with E-state index in [-0.39, 0.29) is 19.8 Å². The molecule has 0 fully saturated rings. The van der Waals surface area contributed by atoms with Gasteiger partial charge in [-0.15, -0.1) is 0 Å². The number of hydrogen-bond acceptors (Lipinski definition) is 8. The van der Waals surface area contributed by atoms with Gasteiger partial charge < -0.3 is 35.0 Å². The zero-order chi connectivity index (χ0) is 25.3. The molecule has 0 radical (unpaired) electrons. The van der Waals surface area contributed by atoms with Crippen molar-refractivity contribution in [1.29, 1.82) is 0 Å². The summed E-state index contributed by atoms with van der Waals surface area (Å²) in [6.45, 7) is 5.61. The highest BCUT2D eigenvalue weighted by Gasteiger charge is 2.34. The molecule has 1 unspecified atom stereocenters. The molecule has 0 aliphatic carbocycles. The number of esters is 1. The Morgan fingerprint density at radius 2 is 1.30 bits per heavy atom. The summed E-state index contributed by atoms with van der Waals surface area (Å²) in [6.07, 6.45) is 8.11. The van der Waals surface area contributed by atoms with Crippen LogP contribution in [0.5, 0.6) is 0 Å². The normalized spacial score (nSPS) is 14.1. The Morgan fingerprint density at radius 3 is 1.82 bits per heavy atom. The fourth-order valence-electron chi connectivity index (χ4n) is 3.33. The summed E-state index contributed by atoms with van der Waals surface area (Å²) in [7, 11) is 0. The molecule has 0 rings (SSSR count). The first-order valence-electron chi connectivity index (χ1n) is 12.1. The predicted octanol–water partition coefficient (Wildman–Crippen LogP) is 2.06. The van der Waals surface area contributed by atoms with Gasteiger partial charge >= 0.3 is 5.97 Å². The van der Waals surface area contributed by atoms with E-state index in [1.807, 2.05) is 6.92 Å². The molecular formula is C25H48O8. The number of aliphatic hydroxyl groups is 5. The molecular weight excluding hydrogens is 428 g/mol. The minimum atomic E-state index is -1.23. The van der Waals surface area contributed by atoms with Gasteiger partial charge in [-0.1, -0.05) is 52.0 Å². The lowest BCUT2D eigenvalue weighted by molar-refractivity contribution is -0.149. The van der Waals surface area contributed by atoms with Crippen molar-refractivity contribution >= 4 is 5.97 Å². The molecule has 33 heavy (non-hydrogen) atoms. The van der Waals surface area contributed by atoms with Crippen molar-refractivity contribution in [3.63, 3.8) is 0 Å². The largest absolute Gasteiger partial charge is 0.462 e. The van der Waals surface area contributed by atoms with Crippen LogP contribution >= 0.6 is 0 Å². The first kappa shape index (κ1) is 32.0. The van der Waals surface area contributed by atoms with Gasteiger partial charge in [-0.2, -0.15) is 0 Å². The lowest BCUT2D eigenvalue weighted by atomic mass is 9.90. The molecule has 0 saturated carbocycles. The molecule has 0 saturated heterocycles. The summed E-state index contributed by atoms with van der Waals surface area (Å²) < 4.78 is 10.7. The van der Waals surface area contributed by atoms with E-state index in [9.17, 15) is 30.3 Å². The van der Waals surface area contributed by atoms with Crippen LogP contribution in [0.2, 0.25) is 0 Å². The van der Waals surface area contributed by atoms with Gasteiger partial charge in [0.25, 0.3) is 0 Å². The lowest BCUT2D eigenvalue weighted by Crippen LogP contribution is -2.44. The summed E-state index contributed by atoms with van der Waals surface area (Å²) in [5.74, 6) is 0.865. The van der Waals surface area contributed by atoms with Gasteiger partial charge in [0.2, 0.25) is 0 Å². The second-order valence-corrected chi connectivity index (χ2v) is 10.2. The van der Waals surface area contributed by atoms with Gasteiger partial charge in [-0.3, -0.25) is 0 Å². The lowest BCUT2D eigenvalue weighted by Gasteiger charge is -2.32. The number of carbonyl (C=O) groups is 1. The molecule has 0 spiro atoms. The van der Waals surface area contributed by atoms with E-state index in [0.29, 0.717) is 5.92 Å². The zero-order valence-electron chi connectivity index (χ0n) is 21.1. The van der Waals surface area contributed by atoms with Crippen LogP contribution < -0.4 is 0 Å². The Bertz CT molecular complexity index is 530. The van der Waals surface area contributed by atoms with Crippen LogP contribution in [0.15, 0.2) is 11.6 Å². The standard InChI is InChI=1S/C25H48O8/c1-20(2)7-5-8-21(3)9-6-10-22(4)11-23(31)33-19-25(15-29,16-30)18-32-17-24(12-26,13-27)14-28/h11,20-21,26-30H,5-10,12-19H2,1-4H3. The third kappa shape index (κ3) is 13.4. The summed E-state index contributed by atoms with van der Waals surface area (Å²) in [5, 5.41) is 47.5. The van der Waals surface area contributed by atoms with Crippen molar-refractivity contribution in [3.8, 4) is 0 Å². The molecule has 1 atom stereocenters. The van der Waals surface area contributed by atoms with Crippen LogP contribution in [-0.2, 0) is 14.3 Å². The highest BCUT2D eigenvalue weighted by atomic mass is 16.5. The van der Waals surface area contributed by atoms with E-state index in [0.717, 1.165) is 30.8 Å². The maximum Gasteiger partial charge on any atom is 0.330 e. The highest BCUT2D eigenvalue weighted by Crippen LogP contribution is 2.22. The minimum absolute atomic E-state index is 0.174. The van der Waals surface area contributed by atoms with Crippen molar-refractivity contribution in [3.05, 3.63) is 11.6 Å². The third-order valence-electron chi connectivity index (χ3n) is 6.12. The van der Waals surface area contributed by atoms with E-state index in [1.165, 1.54) is 25.3 Å². The molecule has 0 aliphatic rings. The summed E-state index contributed by atoms with van der Waals surface area (Å²) in [5.41, 5.74) is -1.53. The van der Waals surface area contributed by atoms with Gasteiger partial charge in [0, 0.05) is 6.08 Å². The van der Waals surface area contributed by atoms with Crippen LogP contribution in [0.3, 0.4) is 0 Å². The van der Waals surface area contributed by atoms with E-state index >= 15 is 0 Å². The van der Waals surface area contributed by atoms with Gasteiger partial charge in [0.1, 0.15) is 6.61 Å². The molecule has 0 aliphatic heterocycles. The second-order valence-electron chi connectivity index (χ2n) is 10.2. The molecule has 0 bridgehead atoms. The average Bonchev–Trinajstić information content (AvgIpc) is 2.79. The molecule has 5 N–H and O–H groups in total. The topological polar surface area (TPSA) is 137 Å². The molecule has 196 valence electrons. The van der Waals surface area contributed by atoms with Crippen LogP contribution in [0.4, 0.5) is 0 Å². The van der Waals surface area contributed by atoms with E-state index < -0.39 is 49.8 Å². The van der Waals surface area contributed by atoms with Gasteiger partial charge in [-0.05, 0) is 31.6 Å². The Balaban J connectivity index is 4.51. The number of ether oxygens (including phenoxy) is 2.